The molecule has 1 aromatic heterocycles. The van der Waals surface area contributed by atoms with Crippen LogP contribution in [0.4, 0.5) is 0 Å². The van der Waals surface area contributed by atoms with E-state index in [0.29, 0.717) is 11.7 Å². The number of piperidine rings is 1. The molecule has 6 heteroatoms. The predicted octanol–water partition coefficient (Wildman–Crippen LogP) is 2.83. The van der Waals surface area contributed by atoms with Gasteiger partial charge in [0, 0.05) is 43.1 Å². The van der Waals surface area contributed by atoms with Gasteiger partial charge in [0.2, 0.25) is 0 Å². The van der Waals surface area contributed by atoms with Gasteiger partial charge in [0.1, 0.15) is 5.69 Å². The summed E-state index contributed by atoms with van der Waals surface area (Å²) in [6, 6.07) is 6.53. The highest BCUT2D eigenvalue weighted by atomic mass is 35.5. The maximum atomic E-state index is 12.3. The standard InChI is InChI=1S/C18H21ClN4O/c1-13-10-14(2-3-16(13)19)11-22-15-4-8-23(9-5-15)18(24)17-12-20-6-7-21-17/h2-3,6-7,10,12,15,22H,4-5,8-9,11H2,1H3. The summed E-state index contributed by atoms with van der Waals surface area (Å²) in [5.74, 6) is -0.0325. The van der Waals surface area contributed by atoms with Gasteiger partial charge in [0.05, 0.1) is 6.20 Å². The van der Waals surface area contributed by atoms with Crippen LogP contribution >= 0.6 is 11.6 Å². The average molecular weight is 345 g/mol. The van der Waals surface area contributed by atoms with Crippen LogP contribution in [-0.2, 0) is 6.54 Å². The van der Waals surface area contributed by atoms with E-state index in [1.165, 1.54) is 11.8 Å². The molecular weight excluding hydrogens is 324 g/mol. The lowest BCUT2D eigenvalue weighted by atomic mass is 10.0. The van der Waals surface area contributed by atoms with Crippen molar-refractivity contribution in [2.45, 2.75) is 32.4 Å². The third-order valence-electron chi connectivity index (χ3n) is 4.38. The zero-order valence-electron chi connectivity index (χ0n) is 13.7. The highest BCUT2D eigenvalue weighted by Crippen LogP contribution is 2.17. The molecule has 0 radical (unpaired) electrons. The number of hydrogen-bond donors (Lipinski definition) is 1. The fraction of sp³-hybridized carbons (Fsp3) is 0.389. The van der Waals surface area contributed by atoms with Gasteiger partial charge in [0.25, 0.3) is 5.91 Å². The molecule has 1 fully saturated rings. The molecule has 126 valence electrons. The van der Waals surface area contributed by atoms with Crippen molar-refractivity contribution in [1.29, 1.82) is 0 Å². The quantitative estimate of drug-likeness (QED) is 0.926. The first-order valence-electron chi connectivity index (χ1n) is 8.17. The number of carbonyl (C=O) groups is 1. The Morgan fingerprint density at radius 3 is 2.79 bits per heavy atom. The molecule has 0 spiro atoms. The second kappa shape index (κ2) is 7.73. The van der Waals surface area contributed by atoms with E-state index in [0.717, 1.165) is 43.1 Å². The van der Waals surface area contributed by atoms with Crippen molar-refractivity contribution in [3.05, 3.63) is 58.6 Å². The van der Waals surface area contributed by atoms with Crippen LogP contribution in [0.5, 0.6) is 0 Å². The normalized spacial score (nSPS) is 15.5. The lowest BCUT2D eigenvalue weighted by molar-refractivity contribution is 0.0698. The molecule has 24 heavy (non-hydrogen) atoms. The number of aromatic nitrogens is 2. The van der Waals surface area contributed by atoms with E-state index < -0.39 is 0 Å². The minimum Gasteiger partial charge on any atom is -0.337 e. The maximum Gasteiger partial charge on any atom is 0.274 e. The molecule has 1 aliphatic rings. The van der Waals surface area contributed by atoms with Crippen molar-refractivity contribution in [3.63, 3.8) is 0 Å². The van der Waals surface area contributed by atoms with Gasteiger partial charge >= 0.3 is 0 Å². The molecule has 1 aromatic carbocycles. The first-order valence-corrected chi connectivity index (χ1v) is 8.55. The minimum absolute atomic E-state index is 0.0325. The molecular formula is C18H21ClN4O. The number of benzene rings is 1. The predicted molar refractivity (Wildman–Crippen MR) is 94.0 cm³/mol. The van der Waals surface area contributed by atoms with Crippen LogP contribution in [0.1, 0.15) is 34.5 Å². The van der Waals surface area contributed by atoms with Crippen molar-refractivity contribution in [1.82, 2.24) is 20.2 Å². The van der Waals surface area contributed by atoms with Crippen molar-refractivity contribution in [2.75, 3.05) is 13.1 Å². The van der Waals surface area contributed by atoms with Crippen LogP contribution in [0, 0.1) is 6.92 Å². The Hall–Kier alpha value is -1.98. The maximum absolute atomic E-state index is 12.3. The summed E-state index contributed by atoms with van der Waals surface area (Å²) in [5.41, 5.74) is 2.75. The molecule has 1 amide bonds. The third-order valence-corrected chi connectivity index (χ3v) is 4.81. The average Bonchev–Trinajstić information content (AvgIpc) is 2.63. The molecule has 1 saturated heterocycles. The molecule has 0 atom stereocenters. The van der Waals surface area contributed by atoms with Crippen LogP contribution < -0.4 is 5.32 Å². The molecule has 1 N–H and O–H groups in total. The lowest BCUT2D eigenvalue weighted by Crippen LogP contribution is -2.44. The van der Waals surface area contributed by atoms with Crippen LogP contribution in [0.25, 0.3) is 0 Å². The van der Waals surface area contributed by atoms with Gasteiger partial charge in [-0.2, -0.15) is 0 Å². The van der Waals surface area contributed by atoms with Crippen LogP contribution in [0.15, 0.2) is 36.8 Å². The van der Waals surface area contributed by atoms with E-state index in [1.807, 2.05) is 17.9 Å². The molecule has 0 aliphatic carbocycles. The number of carbonyl (C=O) groups excluding carboxylic acids is 1. The Morgan fingerprint density at radius 1 is 1.33 bits per heavy atom. The Labute approximate surface area is 147 Å². The van der Waals surface area contributed by atoms with Crippen molar-refractivity contribution >= 4 is 17.5 Å². The van der Waals surface area contributed by atoms with Crippen molar-refractivity contribution < 1.29 is 4.79 Å². The zero-order chi connectivity index (χ0) is 16.9. The number of halogens is 1. The SMILES string of the molecule is Cc1cc(CNC2CCN(C(=O)c3cnccn3)CC2)ccc1Cl. The molecule has 0 saturated carbocycles. The van der Waals surface area contributed by atoms with E-state index in [1.54, 1.807) is 12.4 Å². The fourth-order valence-corrected chi connectivity index (χ4v) is 3.05. The highest BCUT2D eigenvalue weighted by Gasteiger charge is 2.24. The molecule has 1 aliphatic heterocycles. The summed E-state index contributed by atoms with van der Waals surface area (Å²) in [5, 5.41) is 4.38. The number of rotatable bonds is 4. The van der Waals surface area contributed by atoms with E-state index in [9.17, 15) is 4.79 Å². The summed E-state index contributed by atoms with van der Waals surface area (Å²) in [4.78, 5) is 22.2. The molecule has 2 heterocycles. The summed E-state index contributed by atoms with van der Waals surface area (Å²) >= 11 is 6.06. The number of hydrogen-bond acceptors (Lipinski definition) is 4. The number of amides is 1. The van der Waals surface area contributed by atoms with Gasteiger partial charge in [0.15, 0.2) is 0 Å². The highest BCUT2D eigenvalue weighted by molar-refractivity contribution is 6.31. The Kier molecular flexibility index (Phi) is 5.43. The van der Waals surface area contributed by atoms with Gasteiger partial charge in [-0.25, -0.2) is 4.98 Å². The molecule has 0 bridgehead atoms. The smallest absolute Gasteiger partial charge is 0.274 e. The van der Waals surface area contributed by atoms with Gasteiger partial charge in [-0.15, -0.1) is 0 Å². The topological polar surface area (TPSA) is 58.1 Å². The number of nitrogens with zero attached hydrogens (tertiary/aromatic N) is 3. The van der Waals surface area contributed by atoms with Crippen molar-refractivity contribution in [2.24, 2.45) is 0 Å². The van der Waals surface area contributed by atoms with Gasteiger partial charge in [-0.3, -0.25) is 9.78 Å². The van der Waals surface area contributed by atoms with E-state index in [4.69, 9.17) is 11.6 Å². The third kappa shape index (κ3) is 4.10. The Morgan fingerprint density at radius 2 is 2.12 bits per heavy atom. The number of nitrogens with one attached hydrogen (secondary N) is 1. The summed E-state index contributed by atoms with van der Waals surface area (Å²) in [7, 11) is 0. The molecule has 0 unspecified atom stereocenters. The number of aryl methyl sites for hydroxylation is 1. The second-order valence-corrected chi connectivity index (χ2v) is 6.53. The first-order chi connectivity index (χ1) is 11.6. The largest absolute Gasteiger partial charge is 0.337 e. The minimum atomic E-state index is -0.0325. The van der Waals surface area contributed by atoms with Crippen molar-refractivity contribution in [3.8, 4) is 0 Å². The van der Waals surface area contributed by atoms with E-state index in [-0.39, 0.29) is 5.91 Å². The van der Waals surface area contributed by atoms with Crippen LogP contribution in [-0.4, -0.2) is 39.9 Å². The first kappa shape index (κ1) is 16.9. The van der Waals surface area contributed by atoms with E-state index >= 15 is 0 Å². The van der Waals surface area contributed by atoms with Crippen LogP contribution in [0.2, 0.25) is 5.02 Å². The Balaban J connectivity index is 1.48. The fourth-order valence-electron chi connectivity index (χ4n) is 2.94. The lowest BCUT2D eigenvalue weighted by Gasteiger charge is -2.32. The zero-order valence-corrected chi connectivity index (χ0v) is 14.5. The summed E-state index contributed by atoms with van der Waals surface area (Å²) in [6.07, 6.45) is 6.54. The second-order valence-electron chi connectivity index (χ2n) is 6.12. The summed E-state index contributed by atoms with van der Waals surface area (Å²) in [6.45, 7) is 4.32. The van der Waals surface area contributed by atoms with Crippen LogP contribution in [0.3, 0.4) is 0 Å². The van der Waals surface area contributed by atoms with Gasteiger partial charge in [-0.1, -0.05) is 23.7 Å². The molecule has 5 nitrogen and oxygen atoms in total. The number of likely N-dealkylation sites (tertiary alicyclic amines) is 1. The summed E-state index contributed by atoms with van der Waals surface area (Å²) < 4.78 is 0. The van der Waals surface area contributed by atoms with Gasteiger partial charge in [-0.05, 0) is 37.0 Å². The Bertz CT molecular complexity index is 699. The monoisotopic (exact) mass is 344 g/mol. The molecule has 2 aromatic rings. The molecule has 3 rings (SSSR count). The van der Waals surface area contributed by atoms with Gasteiger partial charge < -0.3 is 10.2 Å². The van der Waals surface area contributed by atoms with E-state index in [2.05, 4.69) is 27.4 Å².